The minimum absolute atomic E-state index is 0.0242. The van der Waals surface area contributed by atoms with Gasteiger partial charge in [-0.25, -0.2) is 8.42 Å². The summed E-state index contributed by atoms with van der Waals surface area (Å²) in [6.07, 6.45) is 6.31. The number of hydrogen-bond acceptors (Lipinski definition) is 5. The van der Waals surface area contributed by atoms with Crippen molar-refractivity contribution in [2.45, 2.75) is 38.8 Å². The third-order valence-corrected chi connectivity index (χ3v) is 5.44. The molecule has 1 aliphatic heterocycles. The van der Waals surface area contributed by atoms with E-state index in [0.717, 1.165) is 31.4 Å². The summed E-state index contributed by atoms with van der Waals surface area (Å²) in [6.45, 7) is 2.98. The molecule has 2 rings (SSSR count). The maximum atomic E-state index is 11.5. The lowest BCUT2D eigenvalue weighted by Gasteiger charge is -2.17. The summed E-state index contributed by atoms with van der Waals surface area (Å²) in [6, 6.07) is -0.0242. The van der Waals surface area contributed by atoms with Gasteiger partial charge in [-0.3, -0.25) is 16.0 Å². The molecule has 2 heterocycles. The van der Waals surface area contributed by atoms with Gasteiger partial charge < -0.3 is 0 Å². The van der Waals surface area contributed by atoms with Crippen LogP contribution in [0.2, 0.25) is 0 Å². The summed E-state index contributed by atoms with van der Waals surface area (Å²) < 4.78 is 24.8. The Labute approximate surface area is 114 Å². The number of aromatic nitrogens is 2. The highest BCUT2D eigenvalue weighted by Gasteiger charge is 2.30. The van der Waals surface area contributed by atoms with Crippen molar-refractivity contribution in [2.24, 2.45) is 11.8 Å². The number of rotatable bonds is 6. The van der Waals surface area contributed by atoms with E-state index in [2.05, 4.69) is 17.4 Å². The average Bonchev–Trinajstić information content (AvgIpc) is 2.93. The van der Waals surface area contributed by atoms with Crippen molar-refractivity contribution in [1.82, 2.24) is 15.2 Å². The third-order valence-electron chi connectivity index (χ3n) is 3.61. The van der Waals surface area contributed by atoms with Crippen molar-refractivity contribution in [1.29, 1.82) is 0 Å². The lowest BCUT2D eigenvalue weighted by molar-refractivity contribution is 0.421. The SMILES string of the molecule is CCCn1cc(C(CC2CCS(=O)(=O)C2)NN)cn1. The molecule has 0 bridgehead atoms. The van der Waals surface area contributed by atoms with Crippen LogP contribution in [0.15, 0.2) is 12.4 Å². The molecule has 19 heavy (non-hydrogen) atoms. The van der Waals surface area contributed by atoms with Gasteiger partial charge in [0.1, 0.15) is 0 Å². The van der Waals surface area contributed by atoms with Gasteiger partial charge in [-0.05, 0) is 25.2 Å². The van der Waals surface area contributed by atoms with Crippen LogP contribution in [-0.2, 0) is 16.4 Å². The highest BCUT2D eigenvalue weighted by Crippen LogP contribution is 2.28. The molecule has 6 nitrogen and oxygen atoms in total. The molecule has 0 spiro atoms. The molecule has 0 saturated carbocycles. The third kappa shape index (κ3) is 3.77. The normalized spacial score (nSPS) is 23.6. The molecule has 1 aliphatic rings. The van der Waals surface area contributed by atoms with Crippen LogP contribution in [-0.4, -0.2) is 29.7 Å². The molecule has 1 aromatic rings. The standard InChI is InChI=1S/C12H22N4O2S/c1-2-4-16-8-11(7-14-16)12(15-13)6-10-3-5-19(17,18)9-10/h7-8,10,12,15H,2-6,9,13H2,1H3. The van der Waals surface area contributed by atoms with Crippen molar-refractivity contribution >= 4 is 9.84 Å². The molecule has 108 valence electrons. The van der Waals surface area contributed by atoms with Crippen molar-refractivity contribution in [3.05, 3.63) is 18.0 Å². The van der Waals surface area contributed by atoms with E-state index in [1.807, 2.05) is 17.1 Å². The van der Waals surface area contributed by atoms with Gasteiger partial charge in [0.25, 0.3) is 0 Å². The highest BCUT2D eigenvalue weighted by molar-refractivity contribution is 7.91. The Balaban J connectivity index is 1.99. The molecule has 0 aromatic carbocycles. The van der Waals surface area contributed by atoms with Crippen molar-refractivity contribution in [3.8, 4) is 0 Å². The van der Waals surface area contributed by atoms with Crippen molar-refractivity contribution < 1.29 is 8.42 Å². The Bertz CT molecular complexity index is 512. The Morgan fingerprint density at radius 2 is 2.42 bits per heavy atom. The van der Waals surface area contributed by atoms with E-state index in [0.29, 0.717) is 5.75 Å². The first-order chi connectivity index (χ1) is 9.04. The van der Waals surface area contributed by atoms with E-state index in [9.17, 15) is 8.42 Å². The minimum atomic E-state index is -2.82. The summed E-state index contributed by atoms with van der Waals surface area (Å²) in [5, 5.41) is 4.28. The number of aryl methyl sites for hydroxylation is 1. The van der Waals surface area contributed by atoms with Crippen LogP contribution in [0.4, 0.5) is 0 Å². The van der Waals surface area contributed by atoms with Gasteiger partial charge in [-0.2, -0.15) is 5.10 Å². The number of sulfone groups is 1. The summed E-state index contributed by atoms with van der Waals surface area (Å²) in [7, 11) is -2.82. The predicted octanol–water partition coefficient (Wildman–Crippen LogP) is 0.622. The minimum Gasteiger partial charge on any atom is -0.272 e. The van der Waals surface area contributed by atoms with E-state index in [4.69, 9.17) is 5.84 Å². The summed E-state index contributed by atoms with van der Waals surface area (Å²) in [5.74, 6) is 6.39. The van der Waals surface area contributed by atoms with Crippen LogP contribution < -0.4 is 11.3 Å². The Morgan fingerprint density at radius 1 is 1.63 bits per heavy atom. The van der Waals surface area contributed by atoms with Crippen LogP contribution in [0.5, 0.6) is 0 Å². The van der Waals surface area contributed by atoms with E-state index in [-0.39, 0.29) is 17.7 Å². The second-order valence-corrected chi connectivity index (χ2v) is 7.49. The first kappa shape index (κ1) is 14.5. The van der Waals surface area contributed by atoms with Crippen LogP contribution in [0.3, 0.4) is 0 Å². The van der Waals surface area contributed by atoms with E-state index >= 15 is 0 Å². The molecule has 1 aromatic heterocycles. The zero-order valence-corrected chi connectivity index (χ0v) is 12.1. The van der Waals surface area contributed by atoms with Gasteiger partial charge in [-0.15, -0.1) is 0 Å². The number of nitrogens with zero attached hydrogens (tertiary/aromatic N) is 2. The lowest BCUT2D eigenvalue weighted by atomic mass is 9.96. The zero-order chi connectivity index (χ0) is 13.9. The molecule has 0 radical (unpaired) electrons. The molecule has 1 fully saturated rings. The monoisotopic (exact) mass is 286 g/mol. The Kier molecular flexibility index (Phi) is 4.59. The van der Waals surface area contributed by atoms with Crippen LogP contribution in [0.1, 0.15) is 37.8 Å². The number of nitrogens with two attached hydrogens (primary N) is 1. The molecular formula is C12H22N4O2S. The van der Waals surface area contributed by atoms with E-state index in [1.165, 1.54) is 0 Å². The number of hydrazine groups is 1. The first-order valence-corrected chi connectivity index (χ1v) is 8.55. The van der Waals surface area contributed by atoms with Gasteiger partial charge in [0, 0.05) is 24.3 Å². The maximum Gasteiger partial charge on any atom is 0.150 e. The molecular weight excluding hydrogens is 264 g/mol. The topological polar surface area (TPSA) is 90.0 Å². The fourth-order valence-electron chi connectivity index (χ4n) is 2.60. The fraction of sp³-hybridized carbons (Fsp3) is 0.750. The molecule has 7 heteroatoms. The molecule has 0 aliphatic carbocycles. The van der Waals surface area contributed by atoms with Gasteiger partial charge in [0.05, 0.1) is 17.7 Å². The summed E-state index contributed by atoms with van der Waals surface area (Å²) in [4.78, 5) is 0. The quantitative estimate of drug-likeness (QED) is 0.591. The number of hydrogen-bond donors (Lipinski definition) is 2. The fourth-order valence-corrected chi connectivity index (χ4v) is 4.48. The molecule has 3 N–H and O–H groups in total. The van der Waals surface area contributed by atoms with Gasteiger partial charge in [0.2, 0.25) is 0 Å². The first-order valence-electron chi connectivity index (χ1n) is 6.73. The van der Waals surface area contributed by atoms with Crippen molar-refractivity contribution in [3.63, 3.8) is 0 Å². The summed E-state index contributed by atoms with van der Waals surface area (Å²) >= 11 is 0. The predicted molar refractivity (Wildman–Crippen MR) is 74.0 cm³/mol. The van der Waals surface area contributed by atoms with Crippen LogP contribution >= 0.6 is 0 Å². The average molecular weight is 286 g/mol. The summed E-state index contributed by atoms with van der Waals surface area (Å²) in [5.41, 5.74) is 3.81. The van der Waals surface area contributed by atoms with Crippen LogP contribution in [0, 0.1) is 5.92 Å². The zero-order valence-electron chi connectivity index (χ0n) is 11.2. The lowest BCUT2D eigenvalue weighted by Crippen LogP contribution is -2.29. The Hall–Kier alpha value is -0.920. The van der Waals surface area contributed by atoms with E-state index < -0.39 is 9.84 Å². The maximum absolute atomic E-state index is 11.5. The Morgan fingerprint density at radius 3 is 3.00 bits per heavy atom. The second-order valence-electron chi connectivity index (χ2n) is 5.26. The number of nitrogens with one attached hydrogen (secondary N) is 1. The molecule has 2 atom stereocenters. The van der Waals surface area contributed by atoms with Gasteiger partial charge in [0.15, 0.2) is 9.84 Å². The molecule has 0 amide bonds. The van der Waals surface area contributed by atoms with Crippen LogP contribution in [0.25, 0.3) is 0 Å². The largest absolute Gasteiger partial charge is 0.272 e. The van der Waals surface area contributed by atoms with E-state index in [1.54, 1.807) is 0 Å². The highest BCUT2D eigenvalue weighted by atomic mass is 32.2. The molecule has 2 unspecified atom stereocenters. The second kappa shape index (κ2) is 6.02. The van der Waals surface area contributed by atoms with Gasteiger partial charge >= 0.3 is 0 Å². The smallest absolute Gasteiger partial charge is 0.150 e. The molecule has 1 saturated heterocycles. The van der Waals surface area contributed by atoms with Crippen molar-refractivity contribution in [2.75, 3.05) is 11.5 Å². The van der Waals surface area contributed by atoms with Gasteiger partial charge in [-0.1, -0.05) is 6.92 Å².